The van der Waals surface area contributed by atoms with E-state index in [4.69, 9.17) is 4.74 Å². The van der Waals surface area contributed by atoms with E-state index >= 15 is 0 Å². The summed E-state index contributed by atoms with van der Waals surface area (Å²) in [5.41, 5.74) is 1.24. The lowest BCUT2D eigenvalue weighted by Gasteiger charge is -2.20. The number of ether oxygens (including phenoxy) is 1. The van der Waals surface area contributed by atoms with Gasteiger partial charge in [0.15, 0.2) is 17.7 Å². The summed E-state index contributed by atoms with van der Waals surface area (Å²) in [4.78, 5) is 12.4. The summed E-state index contributed by atoms with van der Waals surface area (Å²) in [5, 5.41) is 2.95. The Balaban J connectivity index is 1.85. The highest BCUT2D eigenvalue weighted by Crippen LogP contribution is 2.18. The number of para-hydroxylation sites is 1. The summed E-state index contributed by atoms with van der Waals surface area (Å²) in [7, 11) is 0. The van der Waals surface area contributed by atoms with Gasteiger partial charge in [0.1, 0.15) is 0 Å². The SMILES string of the molecule is CC[C@@H](Oc1ccccc1F)C(=O)N[C@@H](C)CCc1ccccc1. The number of amides is 1. The third-order valence-corrected chi connectivity index (χ3v) is 3.87. The van der Waals surface area contributed by atoms with E-state index in [0.717, 1.165) is 12.8 Å². The highest BCUT2D eigenvalue weighted by Gasteiger charge is 2.21. The maximum atomic E-state index is 13.7. The number of nitrogens with one attached hydrogen (secondary N) is 1. The first-order valence-electron chi connectivity index (χ1n) is 8.35. The number of carbonyl (C=O) groups is 1. The topological polar surface area (TPSA) is 38.3 Å². The number of benzene rings is 2. The van der Waals surface area contributed by atoms with Gasteiger partial charge >= 0.3 is 0 Å². The second-order valence-corrected chi connectivity index (χ2v) is 5.88. The van der Waals surface area contributed by atoms with Gasteiger partial charge in [-0.2, -0.15) is 0 Å². The number of aryl methyl sites for hydroxylation is 1. The molecule has 0 aliphatic heterocycles. The fourth-order valence-electron chi connectivity index (χ4n) is 2.45. The Labute approximate surface area is 142 Å². The smallest absolute Gasteiger partial charge is 0.261 e. The van der Waals surface area contributed by atoms with Gasteiger partial charge < -0.3 is 10.1 Å². The average molecular weight is 329 g/mol. The molecule has 0 aliphatic rings. The molecule has 24 heavy (non-hydrogen) atoms. The van der Waals surface area contributed by atoms with E-state index in [1.165, 1.54) is 17.7 Å². The van der Waals surface area contributed by atoms with Gasteiger partial charge in [-0.3, -0.25) is 4.79 Å². The standard InChI is InChI=1S/C20H24FNO2/c1-3-18(24-19-12-8-7-11-17(19)21)20(23)22-15(2)13-14-16-9-5-4-6-10-16/h4-12,15,18H,3,13-14H2,1-2H3,(H,22,23)/t15-,18+/m0/s1. The predicted octanol–water partition coefficient (Wildman–Crippen LogP) is 4.12. The zero-order chi connectivity index (χ0) is 17.4. The summed E-state index contributed by atoms with van der Waals surface area (Å²) >= 11 is 0. The van der Waals surface area contributed by atoms with E-state index in [0.29, 0.717) is 6.42 Å². The molecule has 4 heteroatoms. The number of halogens is 1. The van der Waals surface area contributed by atoms with Crippen LogP contribution in [0.25, 0.3) is 0 Å². The largest absolute Gasteiger partial charge is 0.478 e. The van der Waals surface area contributed by atoms with Crippen molar-refractivity contribution in [3.8, 4) is 5.75 Å². The van der Waals surface area contributed by atoms with Crippen LogP contribution in [0.5, 0.6) is 5.75 Å². The van der Waals surface area contributed by atoms with E-state index in [1.807, 2.05) is 32.0 Å². The number of hydrogen-bond donors (Lipinski definition) is 1. The predicted molar refractivity (Wildman–Crippen MR) is 93.5 cm³/mol. The van der Waals surface area contributed by atoms with Gasteiger partial charge in [0, 0.05) is 6.04 Å². The quantitative estimate of drug-likeness (QED) is 0.791. The third-order valence-electron chi connectivity index (χ3n) is 3.87. The molecule has 2 aromatic carbocycles. The van der Waals surface area contributed by atoms with Crippen LogP contribution in [0.1, 0.15) is 32.3 Å². The van der Waals surface area contributed by atoms with Crippen molar-refractivity contribution in [2.45, 2.75) is 45.3 Å². The Kier molecular flexibility index (Phi) is 6.79. The second kappa shape index (κ2) is 9.06. The summed E-state index contributed by atoms with van der Waals surface area (Å²) < 4.78 is 19.2. The zero-order valence-electron chi connectivity index (χ0n) is 14.2. The van der Waals surface area contributed by atoms with Gasteiger partial charge in [-0.25, -0.2) is 4.39 Å². The number of rotatable bonds is 8. The van der Waals surface area contributed by atoms with E-state index in [2.05, 4.69) is 17.4 Å². The molecule has 0 saturated carbocycles. The minimum absolute atomic E-state index is 0.0241. The molecule has 128 valence electrons. The van der Waals surface area contributed by atoms with Crippen LogP contribution in [-0.4, -0.2) is 18.1 Å². The average Bonchev–Trinajstić information content (AvgIpc) is 2.60. The molecule has 0 saturated heterocycles. The van der Waals surface area contributed by atoms with Crippen LogP contribution in [0.3, 0.4) is 0 Å². The molecule has 1 N–H and O–H groups in total. The molecule has 0 unspecified atom stereocenters. The molecule has 0 aliphatic carbocycles. The van der Waals surface area contributed by atoms with Crippen molar-refractivity contribution < 1.29 is 13.9 Å². The lowest BCUT2D eigenvalue weighted by atomic mass is 10.1. The van der Waals surface area contributed by atoms with E-state index in [1.54, 1.807) is 12.1 Å². The van der Waals surface area contributed by atoms with E-state index in [-0.39, 0.29) is 17.7 Å². The first-order chi connectivity index (χ1) is 11.6. The van der Waals surface area contributed by atoms with Crippen molar-refractivity contribution in [3.05, 3.63) is 66.0 Å². The molecule has 2 atom stereocenters. The molecule has 0 heterocycles. The van der Waals surface area contributed by atoms with Crippen LogP contribution < -0.4 is 10.1 Å². The lowest BCUT2D eigenvalue weighted by Crippen LogP contribution is -2.42. The van der Waals surface area contributed by atoms with Gasteiger partial charge in [0.05, 0.1) is 0 Å². The Morgan fingerprint density at radius 3 is 2.46 bits per heavy atom. The van der Waals surface area contributed by atoms with E-state index in [9.17, 15) is 9.18 Å². The van der Waals surface area contributed by atoms with Crippen LogP contribution in [0.15, 0.2) is 54.6 Å². The highest BCUT2D eigenvalue weighted by molar-refractivity contribution is 5.81. The van der Waals surface area contributed by atoms with Crippen LogP contribution >= 0.6 is 0 Å². The van der Waals surface area contributed by atoms with Gasteiger partial charge in [-0.15, -0.1) is 0 Å². The molecule has 0 spiro atoms. The summed E-state index contributed by atoms with van der Waals surface area (Å²) in [6.07, 6.45) is 1.52. The molecule has 0 aromatic heterocycles. The van der Waals surface area contributed by atoms with Gasteiger partial charge in [0.2, 0.25) is 0 Å². The molecule has 1 amide bonds. The van der Waals surface area contributed by atoms with Crippen LogP contribution in [0.4, 0.5) is 4.39 Å². The van der Waals surface area contributed by atoms with Crippen LogP contribution in [0, 0.1) is 5.82 Å². The first-order valence-corrected chi connectivity index (χ1v) is 8.35. The molecular weight excluding hydrogens is 305 g/mol. The zero-order valence-corrected chi connectivity index (χ0v) is 14.2. The lowest BCUT2D eigenvalue weighted by molar-refractivity contribution is -0.128. The van der Waals surface area contributed by atoms with Crippen molar-refractivity contribution in [2.24, 2.45) is 0 Å². The molecule has 2 rings (SSSR count). The number of hydrogen-bond acceptors (Lipinski definition) is 2. The van der Waals surface area contributed by atoms with Crippen molar-refractivity contribution in [1.82, 2.24) is 5.32 Å². The summed E-state index contributed by atoms with van der Waals surface area (Å²) in [6.45, 7) is 3.82. The molecule has 0 radical (unpaired) electrons. The maximum absolute atomic E-state index is 13.7. The molecule has 2 aromatic rings. The minimum Gasteiger partial charge on any atom is -0.478 e. The van der Waals surface area contributed by atoms with Crippen LogP contribution in [-0.2, 0) is 11.2 Å². The highest BCUT2D eigenvalue weighted by atomic mass is 19.1. The van der Waals surface area contributed by atoms with E-state index < -0.39 is 11.9 Å². The second-order valence-electron chi connectivity index (χ2n) is 5.88. The molecule has 0 fully saturated rings. The molecule has 3 nitrogen and oxygen atoms in total. The van der Waals surface area contributed by atoms with Gasteiger partial charge in [-0.05, 0) is 43.9 Å². The fourth-order valence-corrected chi connectivity index (χ4v) is 2.45. The van der Waals surface area contributed by atoms with Gasteiger partial charge in [-0.1, -0.05) is 49.4 Å². The summed E-state index contributed by atoms with van der Waals surface area (Å²) in [5.74, 6) is -0.557. The Bertz CT molecular complexity index is 645. The first kappa shape index (κ1) is 18.0. The molecule has 0 bridgehead atoms. The van der Waals surface area contributed by atoms with Crippen molar-refractivity contribution in [3.63, 3.8) is 0 Å². The Hall–Kier alpha value is -2.36. The van der Waals surface area contributed by atoms with Crippen molar-refractivity contribution in [1.29, 1.82) is 0 Å². The van der Waals surface area contributed by atoms with Crippen LogP contribution in [0.2, 0.25) is 0 Å². The van der Waals surface area contributed by atoms with Crippen molar-refractivity contribution >= 4 is 5.91 Å². The van der Waals surface area contributed by atoms with Crippen molar-refractivity contribution in [2.75, 3.05) is 0 Å². The fraction of sp³-hybridized carbons (Fsp3) is 0.350. The monoisotopic (exact) mass is 329 g/mol. The third kappa shape index (κ3) is 5.37. The Morgan fingerprint density at radius 2 is 1.79 bits per heavy atom. The Morgan fingerprint density at radius 1 is 1.12 bits per heavy atom. The minimum atomic E-state index is -0.693. The number of carbonyl (C=O) groups excluding carboxylic acids is 1. The molecular formula is C20H24FNO2. The summed E-state index contributed by atoms with van der Waals surface area (Å²) in [6, 6.07) is 16.3. The van der Waals surface area contributed by atoms with Gasteiger partial charge in [0.25, 0.3) is 5.91 Å². The maximum Gasteiger partial charge on any atom is 0.261 e. The normalized spacial score (nSPS) is 13.1.